The summed E-state index contributed by atoms with van der Waals surface area (Å²) < 4.78 is 9.42. The molecular formula is C11H12O5. The number of methoxy groups -OCH3 is 1. The van der Waals surface area contributed by atoms with Crippen LogP contribution in [-0.2, 0) is 19.1 Å². The third-order valence-corrected chi connectivity index (χ3v) is 2.99. The number of aliphatic hydroxyl groups excluding tert-OH is 1. The number of hydrogen-bond donors (Lipinski definition) is 1. The first-order chi connectivity index (χ1) is 7.69. The van der Waals surface area contributed by atoms with E-state index in [4.69, 9.17) is 9.84 Å². The van der Waals surface area contributed by atoms with Gasteiger partial charge < -0.3 is 14.6 Å². The van der Waals surface area contributed by atoms with Gasteiger partial charge in [-0.3, -0.25) is 4.79 Å². The van der Waals surface area contributed by atoms with Gasteiger partial charge in [-0.1, -0.05) is 6.08 Å². The number of cyclic esters (lactones) is 1. The minimum absolute atomic E-state index is 0.190. The Balaban J connectivity index is 2.29. The van der Waals surface area contributed by atoms with Crippen molar-refractivity contribution < 1.29 is 24.2 Å². The van der Waals surface area contributed by atoms with E-state index in [1.54, 1.807) is 6.08 Å². The second-order valence-electron chi connectivity index (χ2n) is 3.76. The Morgan fingerprint density at radius 1 is 1.69 bits per heavy atom. The van der Waals surface area contributed by atoms with Gasteiger partial charge in [0.2, 0.25) is 0 Å². The fourth-order valence-electron chi connectivity index (χ4n) is 2.18. The van der Waals surface area contributed by atoms with Gasteiger partial charge >= 0.3 is 11.9 Å². The molecule has 1 aliphatic carbocycles. The standard InChI is InChI=1S/C11H12O5/c1-15-10(13)8-5-16-11(14)9-6(4-12)2-3-7(8)9/h2,5,7,9,12H,3-4H2,1H3/t7-,9-/m1/s1. The maximum Gasteiger partial charge on any atom is 0.337 e. The minimum Gasteiger partial charge on any atom is -0.466 e. The zero-order valence-electron chi connectivity index (χ0n) is 8.80. The smallest absolute Gasteiger partial charge is 0.337 e. The highest BCUT2D eigenvalue weighted by Crippen LogP contribution is 2.40. The molecule has 0 aromatic rings. The van der Waals surface area contributed by atoms with Gasteiger partial charge in [0.25, 0.3) is 0 Å². The van der Waals surface area contributed by atoms with E-state index in [0.717, 1.165) is 6.26 Å². The van der Waals surface area contributed by atoms with Crippen LogP contribution in [0, 0.1) is 11.8 Å². The number of carbonyl (C=O) groups excluding carboxylic acids is 2. The normalized spacial score (nSPS) is 27.8. The molecule has 2 aliphatic rings. The highest BCUT2D eigenvalue weighted by Gasteiger charge is 2.43. The van der Waals surface area contributed by atoms with Gasteiger partial charge in [0, 0.05) is 5.92 Å². The lowest BCUT2D eigenvalue weighted by molar-refractivity contribution is -0.146. The molecule has 0 fully saturated rings. The van der Waals surface area contributed by atoms with Gasteiger partial charge in [0.1, 0.15) is 6.26 Å². The predicted octanol–water partition coefficient (Wildman–Crippen LogP) is 0.155. The van der Waals surface area contributed by atoms with E-state index in [9.17, 15) is 9.59 Å². The Bertz CT molecular complexity index is 393. The Labute approximate surface area is 92.3 Å². The van der Waals surface area contributed by atoms with Crippen LogP contribution in [-0.4, -0.2) is 30.8 Å². The number of esters is 2. The van der Waals surface area contributed by atoms with Crippen LogP contribution >= 0.6 is 0 Å². The summed E-state index contributed by atoms with van der Waals surface area (Å²) in [6, 6.07) is 0. The van der Waals surface area contributed by atoms with Crippen molar-refractivity contribution in [3.05, 3.63) is 23.5 Å². The Kier molecular flexibility index (Phi) is 2.78. The Morgan fingerprint density at radius 2 is 2.44 bits per heavy atom. The number of hydrogen-bond acceptors (Lipinski definition) is 5. The van der Waals surface area contributed by atoms with Crippen molar-refractivity contribution in [2.24, 2.45) is 11.8 Å². The van der Waals surface area contributed by atoms with E-state index >= 15 is 0 Å². The van der Waals surface area contributed by atoms with Crippen molar-refractivity contribution in [2.45, 2.75) is 6.42 Å². The van der Waals surface area contributed by atoms with E-state index in [-0.39, 0.29) is 12.5 Å². The third kappa shape index (κ3) is 1.53. The van der Waals surface area contributed by atoms with Gasteiger partial charge in [-0.15, -0.1) is 0 Å². The van der Waals surface area contributed by atoms with Crippen molar-refractivity contribution in [1.29, 1.82) is 0 Å². The van der Waals surface area contributed by atoms with Gasteiger partial charge in [0.05, 0.1) is 25.2 Å². The molecule has 5 nitrogen and oxygen atoms in total. The largest absolute Gasteiger partial charge is 0.466 e. The summed E-state index contributed by atoms with van der Waals surface area (Å²) in [7, 11) is 1.28. The van der Waals surface area contributed by atoms with Crippen LogP contribution in [0.5, 0.6) is 0 Å². The van der Waals surface area contributed by atoms with Crippen molar-refractivity contribution in [1.82, 2.24) is 0 Å². The van der Waals surface area contributed by atoms with Crippen LogP contribution < -0.4 is 0 Å². The molecule has 2 rings (SSSR count). The molecule has 0 unspecified atom stereocenters. The average molecular weight is 224 g/mol. The number of fused-ring (bicyclic) bond motifs is 1. The van der Waals surface area contributed by atoms with Crippen LogP contribution in [0.1, 0.15) is 6.42 Å². The first kappa shape index (κ1) is 10.9. The predicted molar refractivity (Wildman–Crippen MR) is 53.0 cm³/mol. The molecule has 0 aromatic heterocycles. The molecule has 2 atom stereocenters. The molecule has 0 radical (unpaired) electrons. The van der Waals surface area contributed by atoms with Crippen LogP contribution in [0.25, 0.3) is 0 Å². The first-order valence-electron chi connectivity index (χ1n) is 4.97. The molecule has 5 heteroatoms. The highest BCUT2D eigenvalue weighted by atomic mass is 16.5. The van der Waals surface area contributed by atoms with Crippen LogP contribution in [0.3, 0.4) is 0 Å². The SMILES string of the molecule is COC(=O)C1=COC(=O)[C@@H]2C(CO)=CC[C@H]12. The molecule has 0 aromatic carbocycles. The monoisotopic (exact) mass is 224 g/mol. The van der Waals surface area contributed by atoms with E-state index in [1.165, 1.54) is 7.11 Å². The third-order valence-electron chi connectivity index (χ3n) is 2.99. The summed E-state index contributed by atoms with van der Waals surface area (Å²) in [5.74, 6) is -1.70. The number of ether oxygens (including phenoxy) is 2. The number of aliphatic hydroxyl groups is 1. The summed E-state index contributed by atoms with van der Waals surface area (Å²) in [6.45, 7) is -0.190. The van der Waals surface area contributed by atoms with Crippen molar-refractivity contribution >= 4 is 11.9 Å². The second-order valence-corrected chi connectivity index (χ2v) is 3.76. The quantitative estimate of drug-likeness (QED) is 0.534. The van der Waals surface area contributed by atoms with E-state index < -0.39 is 17.9 Å². The molecule has 0 spiro atoms. The molecule has 1 N–H and O–H groups in total. The molecule has 1 heterocycles. The molecular weight excluding hydrogens is 212 g/mol. The number of allylic oxidation sites excluding steroid dienone is 1. The zero-order chi connectivity index (χ0) is 11.7. The maximum absolute atomic E-state index is 11.5. The van der Waals surface area contributed by atoms with Crippen LogP contribution in [0.2, 0.25) is 0 Å². The lowest BCUT2D eigenvalue weighted by atomic mass is 9.84. The second kappa shape index (κ2) is 4.09. The van der Waals surface area contributed by atoms with Crippen LogP contribution in [0.4, 0.5) is 0 Å². The van der Waals surface area contributed by atoms with E-state index in [1.807, 2.05) is 0 Å². The average Bonchev–Trinajstić information content (AvgIpc) is 2.73. The lowest BCUT2D eigenvalue weighted by Gasteiger charge is -2.25. The summed E-state index contributed by atoms with van der Waals surface area (Å²) in [6.07, 6.45) is 3.48. The first-order valence-corrected chi connectivity index (χ1v) is 4.97. The Hall–Kier alpha value is -1.62. The summed E-state index contributed by atoms with van der Waals surface area (Å²) in [4.78, 5) is 23.0. The van der Waals surface area contributed by atoms with Crippen LogP contribution in [0.15, 0.2) is 23.5 Å². The van der Waals surface area contributed by atoms with Gasteiger partial charge in [-0.25, -0.2) is 4.79 Å². The molecule has 0 saturated carbocycles. The fourth-order valence-corrected chi connectivity index (χ4v) is 2.18. The molecule has 0 bridgehead atoms. The highest BCUT2D eigenvalue weighted by molar-refractivity contribution is 5.93. The van der Waals surface area contributed by atoms with Gasteiger partial charge in [-0.05, 0) is 12.0 Å². The molecule has 1 aliphatic heterocycles. The lowest BCUT2D eigenvalue weighted by Crippen LogP contribution is -2.32. The molecule has 16 heavy (non-hydrogen) atoms. The van der Waals surface area contributed by atoms with Crippen molar-refractivity contribution in [2.75, 3.05) is 13.7 Å². The summed E-state index contributed by atoms with van der Waals surface area (Å²) in [5.41, 5.74) is 0.969. The van der Waals surface area contributed by atoms with E-state index in [0.29, 0.717) is 17.6 Å². The molecule has 0 amide bonds. The van der Waals surface area contributed by atoms with Gasteiger partial charge in [0.15, 0.2) is 0 Å². The maximum atomic E-state index is 11.5. The Morgan fingerprint density at radius 3 is 3.06 bits per heavy atom. The summed E-state index contributed by atoms with van der Waals surface area (Å²) >= 11 is 0. The molecule has 0 saturated heterocycles. The zero-order valence-corrected chi connectivity index (χ0v) is 8.80. The number of rotatable bonds is 2. The molecule has 86 valence electrons. The fraction of sp³-hybridized carbons (Fsp3) is 0.455. The minimum atomic E-state index is -0.538. The van der Waals surface area contributed by atoms with Gasteiger partial charge in [-0.2, -0.15) is 0 Å². The van der Waals surface area contributed by atoms with Crippen molar-refractivity contribution in [3.8, 4) is 0 Å². The summed E-state index contributed by atoms with van der Waals surface area (Å²) in [5, 5.41) is 9.09. The number of carbonyl (C=O) groups is 2. The van der Waals surface area contributed by atoms with E-state index in [2.05, 4.69) is 4.74 Å². The topological polar surface area (TPSA) is 72.8 Å². The van der Waals surface area contributed by atoms with Crippen molar-refractivity contribution in [3.63, 3.8) is 0 Å².